The average Bonchev–Trinajstić information content (AvgIpc) is 3.24. The van der Waals surface area contributed by atoms with Gasteiger partial charge in [0.15, 0.2) is 0 Å². The Bertz CT molecular complexity index is 1240. The van der Waals surface area contributed by atoms with Crippen molar-refractivity contribution >= 4 is 0 Å². The number of hydrogen-bond donors (Lipinski definition) is 2. The third-order valence-corrected chi connectivity index (χ3v) is 5.59. The molecule has 0 atom stereocenters. The van der Waals surface area contributed by atoms with Gasteiger partial charge in [0.1, 0.15) is 5.75 Å². The molecule has 32 heavy (non-hydrogen) atoms. The molecule has 9 nitrogen and oxygen atoms in total. The molecule has 5 rings (SSSR count). The van der Waals surface area contributed by atoms with Crippen LogP contribution in [0.2, 0.25) is 0 Å². The third-order valence-electron chi connectivity index (χ3n) is 5.59. The summed E-state index contributed by atoms with van der Waals surface area (Å²) >= 11 is 0. The largest absolute Gasteiger partial charge is 0.494 e. The Hall–Kier alpha value is -3.75. The Kier molecular flexibility index (Phi) is 5.53. The van der Waals surface area contributed by atoms with Gasteiger partial charge < -0.3 is 9.72 Å². The fraction of sp³-hybridized carbons (Fsp3) is 0.348. The lowest BCUT2D eigenvalue weighted by molar-refractivity contribution is 0.309. The number of unbranched alkanes of at least 4 members (excludes halogenated alkanes) is 1. The van der Waals surface area contributed by atoms with Gasteiger partial charge in [-0.05, 0) is 72.4 Å². The summed E-state index contributed by atoms with van der Waals surface area (Å²) in [5, 5.41) is 18.8. The first-order valence-corrected chi connectivity index (χ1v) is 11.0. The summed E-state index contributed by atoms with van der Waals surface area (Å²) in [6.07, 6.45) is 6.55. The van der Waals surface area contributed by atoms with Crippen LogP contribution >= 0.6 is 0 Å². The van der Waals surface area contributed by atoms with Crippen LogP contribution in [-0.4, -0.2) is 42.0 Å². The number of benzene rings is 1. The minimum absolute atomic E-state index is 0.240. The Morgan fingerprint density at radius 3 is 2.75 bits per heavy atom. The molecule has 4 aromatic rings. The minimum atomic E-state index is -0.293. The summed E-state index contributed by atoms with van der Waals surface area (Å²) < 4.78 is 7.69. The van der Waals surface area contributed by atoms with Crippen molar-refractivity contribution < 1.29 is 4.74 Å². The van der Waals surface area contributed by atoms with Gasteiger partial charge in [0, 0.05) is 24.0 Å². The lowest BCUT2D eigenvalue weighted by atomic mass is 10.0. The Morgan fingerprint density at radius 1 is 1.19 bits per heavy atom. The molecule has 0 unspecified atom stereocenters. The lowest BCUT2D eigenvalue weighted by Crippen LogP contribution is -2.13. The van der Waals surface area contributed by atoms with Crippen molar-refractivity contribution in [1.82, 2.24) is 35.4 Å². The van der Waals surface area contributed by atoms with Crippen LogP contribution in [0.1, 0.15) is 32.6 Å². The van der Waals surface area contributed by atoms with Crippen molar-refractivity contribution in [2.75, 3.05) is 6.61 Å². The number of H-pyrrole nitrogens is 2. The van der Waals surface area contributed by atoms with Gasteiger partial charge in [-0.1, -0.05) is 13.3 Å². The number of rotatable bonds is 9. The van der Waals surface area contributed by atoms with Gasteiger partial charge in [-0.15, -0.1) is 10.2 Å². The van der Waals surface area contributed by atoms with Crippen molar-refractivity contribution in [3.05, 3.63) is 52.9 Å². The summed E-state index contributed by atoms with van der Waals surface area (Å²) in [5.41, 5.74) is 3.00. The third kappa shape index (κ3) is 4.32. The number of aromatic nitrogens is 7. The van der Waals surface area contributed by atoms with Gasteiger partial charge in [0.05, 0.1) is 17.9 Å². The zero-order valence-corrected chi connectivity index (χ0v) is 17.9. The molecular weight excluding hydrogens is 406 g/mol. The smallest absolute Gasteiger partial charge is 0.260 e. The maximum Gasteiger partial charge on any atom is 0.260 e. The molecule has 1 aliphatic rings. The number of tetrazole rings is 1. The fourth-order valence-corrected chi connectivity index (χ4v) is 3.64. The first-order valence-electron chi connectivity index (χ1n) is 11.0. The quantitative estimate of drug-likeness (QED) is 0.391. The van der Waals surface area contributed by atoms with E-state index in [9.17, 15) is 4.79 Å². The second-order valence-corrected chi connectivity index (χ2v) is 8.13. The molecule has 0 aliphatic heterocycles. The van der Waals surface area contributed by atoms with Crippen molar-refractivity contribution in [2.24, 2.45) is 5.92 Å². The standard InChI is InChI=1S/C23H25N7O2/c1-2-3-12-32-17-8-6-16(7-9-17)20-13-18(19-10-11-30(27-19)14-15-4-5-15)21(23(31)24-20)22-25-28-29-26-22/h6-11,13,15H,2-5,12,14H2,1H3,(H,24,31)(H,25,26,28,29). The maximum absolute atomic E-state index is 13.1. The molecule has 3 aromatic heterocycles. The van der Waals surface area contributed by atoms with E-state index in [2.05, 4.69) is 32.5 Å². The van der Waals surface area contributed by atoms with E-state index in [0.717, 1.165) is 30.7 Å². The highest BCUT2D eigenvalue weighted by Crippen LogP contribution is 2.32. The first kappa shape index (κ1) is 20.2. The van der Waals surface area contributed by atoms with E-state index < -0.39 is 0 Å². The molecule has 1 saturated carbocycles. The van der Waals surface area contributed by atoms with Crippen LogP contribution in [-0.2, 0) is 6.54 Å². The molecule has 0 radical (unpaired) electrons. The van der Waals surface area contributed by atoms with Gasteiger partial charge in [-0.25, -0.2) is 0 Å². The molecule has 164 valence electrons. The normalized spacial score (nSPS) is 13.4. The number of ether oxygens (including phenoxy) is 1. The monoisotopic (exact) mass is 431 g/mol. The highest BCUT2D eigenvalue weighted by molar-refractivity contribution is 5.81. The minimum Gasteiger partial charge on any atom is -0.494 e. The van der Waals surface area contributed by atoms with Crippen LogP contribution in [0.25, 0.3) is 33.9 Å². The van der Waals surface area contributed by atoms with E-state index >= 15 is 0 Å². The van der Waals surface area contributed by atoms with Crippen molar-refractivity contribution in [2.45, 2.75) is 39.2 Å². The SMILES string of the molecule is CCCCOc1ccc(-c2cc(-c3ccn(CC4CC4)n3)c(-c3nn[nH]n3)c(=O)[nH]2)cc1. The summed E-state index contributed by atoms with van der Waals surface area (Å²) in [4.78, 5) is 16.1. The lowest BCUT2D eigenvalue weighted by Gasteiger charge is -2.10. The number of nitrogens with one attached hydrogen (secondary N) is 2. The molecule has 9 heteroatoms. The Morgan fingerprint density at radius 2 is 2.03 bits per heavy atom. The summed E-state index contributed by atoms with van der Waals surface area (Å²) in [6.45, 7) is 3.72. The highest BCUT2D eigenvalue weighted by Gasteiger charge is 2.23. The molecule has 0 saturated heterocycles. The van der Waals surface area contributed by atoms with Gasteiger partial charge in [-0.3, -0.25) is 9.48 Å². The molecule has 0 amide bonds. The van der Waals surface area contributed by atoms with Gasteiger partial charge in [0.25, 0.3) is 5.56 Å². The molecule has 1 fully saturated rings. The van der Waals surface area contributed by atoms with Crippen LogP contribution in [0, 0.1) is 5.92 Å². The second-order valence-electron chi connectivity index (χ2n) is 8.13. The Balaban J connectivity index is 1.52. The molecule has 2 N–H and O–H groups in total. The van der Waals surface area contributed by atoms with Crippen molar-refractivity contribution in [1.29, 1.82) is 0 Å². The molecule has 1 aromatic carbocycles. The maximum atomic E-state index is 13.1. The zero-order valence-electron chi connectivity index (χ0n) is 17.9. The van der Waals surface area contributed by atoms with E-state index in [-0.39, 0.29) is 11.4 Å². The molecule has 1 aliphatic carbocycles. The van der Waals surface area contributed by atoms with Crippen LogP contribution in [0.5, 0.6) is 5.75 Å². The summed E-state index contributed by atoms with van der Waals surface area (Å²) in [5.74, 6) is 1.75. The predicted octanol–water partition coefficient (Wildman–Crippen LogP) is 3.67. The predicted molar refractivity (Wildman–Crippen MR) is 120 cm³/mol. The van der Waals surface area contributed by atoms with E-state index in [1.165, 1.54) is 12.8 Å². The number of hydrogen-bond acceptors (Lipinski definition) is 6. The van der Waals surface area contributed by atoms with Gasteiger partial charge >= 0.3 is 0 Å². The van der Waals surface area contributed by atoms with E-state index in [4.69, 9.17) is 9.84 Å². The number of nitrogens with zero attached hydrogens (tertiary/aromatic N) is 5. The highest BCUT2D eigenvalue weighted by atomic mass is 16.5. The van der Waals surface area contributed by atoms with Gasteiger partial charge in [-0.2, -0.15) is 10.3 Å². The van der Waals surface area contributed by atoms with Crippen LogP contribution in [0.4, 0.5) is 0 Å². The Labute approximate surface area is 184 Å². The fourth-order valence-electron chi connectivity index (χ4n) is 3.64. The van der Waals surface area contributed by atoms with Gasteiger partial charge in [0.2, 0.25) is 5.82 Å². The molecule has 3 heterocycles. The summed E-state index contributed by atoms with van der Waals surface area (Å²) in [7, 11) is 0. The van der Waals surface area contributed by atoms with Crippen molar-refractivity contribution in [3.63, 3.8) is 0 Å². The van der Waals surface area contributed by atoms with E-state index in [0.29, 0.717) is 35.0 Å². The summed E-state index contributed by atoms with van der Waals surface area (Å²) in [6, 6.07) is 11.6. The van der Waals surface area contributed by atoms with Crippen LogP contribution in [0.15, 0.2) is 47.4 Å². The van der Waals surface area contributed by atoms with E-state index in [1.807, 2.05) is 47.3 Å². The van der Waals surface area contributed by atoms with Crippen molar-refractivity contribution in [3.8, 4) is 39.7 Å². The topological polar surface area (TPSA) is 114 Å². The number of aromatic amines is 2. The molecular formula is C23H25N7O2. The molecule has 0 bridgehead atoms. The zero-order chi connectivity index (χ0) is 21.9. The van der Waals surface area contributed by atoms with Crippen LogP contribution in [0.3, 0.4) is 0 Å². The van der Waals surface area contributed by atoms with E-state index in [1.54, 1.807) is 0 Å². The van der Waals surface area contributed by atoms with Crippen LogP contribution < -0.4 is 10.3 Å². The first-order chi connectivity index (χ1) is 15.7. The molecule has 0 spiro atoms. The second kappa shape index (κ2) is 8.78. The average molecular weight is 432 g/mol. The number of pyridine rings is 1.